The van der Waals surface area contributed by atoms with Crippen LogP contribution in [0.25, 0.3) is 0 Å². The van der Waals surface area contributed by atoms with Gasteiger partial charge in [-0.1, -0.05) is 13.8 Å². The molecule has 0 aliphatic heterocycles. The van der Waals surface area contributed by atoms with Crippen LogP contribution in [0.5, 0.6) is 0 Å². The molecule has 1 fully saturated rings. The van der Waals surface area contributed by atoms with Crippen LogP contribution in [0.3, 0.4) is 0 Å². The summed E-state index contributed by atoms with van der Waals surface area (Å²) < 4.78 is 60.0. The maximum Gasteiger partial charge on any atom is 0.310 e. The Hall–Kier alpha value is -2.36. The number of hydrogen-bond donors (Lipinski definition) is 0. The second-order valence-corrected chi connectivity index (χ2v) is 6.16. The van der Waals surface area contributed by atoms with Crippen molar-refractivity contribution in [2.45, 2.75) is 26.9 Å². The van der Waals surface area contributed by atoms with E-state index in [0.29, 0.717) is 6.29 Å². The zero-order valence-corrected chi connectivity index (χ0v) is 13.0. The lowest BCUT2D eigenvalue weighted by molar-refractivity contribution is -0.148. The molecule has 1 aliphatic rings. The van der Waals surface area contributed by atoms with Gasteiger partial charge >= 0.3 is 5.97 Å². The number of benzene rings is 1. The van der Waals surface area contributed by atoms with Crippen LogP contribution in [0.2, 0.25) is 0 Å². The number of rotatable bonds is 5. The SMILES string of the molecule is C#CCc1c(F)c(F)c(COC(=O)[C@@H]2[C@H](C=O)C2(C)C)c(F)c1F. The molecule has 3 nitrogen and oxygen atoms in total. The summed E-state index contributed by atoms with van der Waals surface area (Å²) in [5, 5.41) is 0. The molecule has 0 aromatic heterocycles. The van der Waals surface area contributed by atoms with Gasteiger partial charge in [0.25, 0.3) is 0 Å². The Balaban J connectivity index is 2.21. The van der Waals surface area contributed by atoms with Crippen molar-refractivity contribution in [3.63, 3.8) is 0 Å². The van der Waals surface area contributed by atoms with Gasteiger partial charge in [0.2, 0.25) is 0 Å². The molecule has 1 aliphatic carbocycles. The van der Waals surface area contributed by atoms with Gasteiger partial charge in [-0.2, -0.15) is 0 Å². The highest BCUT2D eigenvalue weighted by atomic mass is 19.2. The monoisotopic (exact) mass is 342 g/mol. The van der Waals surface area contributed by atoms with E-state index in [4.69, 9.17) is 11.2 Å². The third-order valence-electron chi connectivity index (χ3n) is 4.39. The lowest BCUT2D eigenvalue weighted by Crippen LogP contribution is -2.15. The minimum atomic E-state index is -1.66. The summed E-state index contributed by atoms with van der Waals surface area (Å²) in [6.45, 7) is 2.33. The summed E-state index contributed by atoms with van der Waals surface area (Å²) in [5.41, 5.74) is -2.56. The van der Waals surface area contributed by atoms with Crippen molar-refractivity contribution >= 4 is 12.3 Å². The van der Waals surface area contributed by atoms with Gasteiger partial charge < -0.3 is 9.53 Å². The van der Waals surface area contributed by atoms with Crippen LogP contribution in [-0.2, 0) is 27.4 Å². The van der Waals surface area contributed by atoms with Gasteiger partial charge in [0.05, 0.1) is 11.5 Å². The smallest absolute Gasteiger partial charge is 0.310 e. The van der Waals surface area contributed by atoms with Gasteiger partial charge in [0, 0.05) is 17.9 Å². The van der Waals surface area contributed by atoms with E-state index in [-0.39, 0.29) is 0 Å². The number of carbonyl (C=O) groups excluding carboxylic acids is 2. The average Bonchev–Trinajstić information content (AvgIpc) is 3.10. The Bertz CT molecular complexity index is 720. The molecule has 1 saturated carbocycles. The molecule has 24 heavy (non-hydrogen) atoms. The Kier molecular flexibility index (Phi) is 4.70. The number of terminal acetylenes is 1. The first-order valence-electron chi connectivity index (χ1n) is 7.07. The molecule has 128 valence electrons. The molecule has 7 heteroatoms. The van der Waals surface area contributed by atoms with E-state index in [9.17, 15) is 27.2 Å². The fourth-order valence-electron chi connectivity index (χ4n) is 2.72. The second kappa shape index (κ2) is 6.27. The lowest BCUT2D eigenvalue weighted by Gasteiger charge is -2.11. The fourth-order valence-corrected chi connectivity index (χ4v) is 2.72. The van der Waals surface area contributed by atoms with E-state index < -0.39 is 70.6 Å². The van der Waals surface area contributed by atoms with Crippen LogP contribution in [0.15, 0.2) is 0 Å². The normalized spacial score (nSPS) is 21.0. The number of esters is 1. The molecule has 2 rings (SSSR count). The van der Waals surface area contributed by atoms with Crippen LogP contribution < -0.4 is 0 Å². The van der Waals surface area contributed by atoms with E-state index >= 15 is 0 Å². The van der Waals surface area contributed by atoms with Crippen LogP contribution in [-0.4, -0.2) is 12.3 Å². The minimum Gasteiger partial charge on any atom is -0.460 e. The van der Waals surface area contributed by atoms with Gasteiger partial charge in [0.15, 0.2) is 23.3 Å². The summed E-state index contributed by atoms with van der Waals surface area (Å²) in [5.74, 6) is -6.82. The topological polar surface area (TPSA) is 43.4 Å². The van der Waals surface area contributed by atoms with Crippen LogP contribution >= 0.6 is 0 Å². The molecule has 0 bridgehead atoms. The number of halogens is 4. The predicted octanol–water partition coefficient (Wildman–Crippen LogP) is 2.93. The van der Waals surface area contributed by atoms with Crippen LogP contribution in [0.1, 0.15) is 25.0 Å². The number of ether oxygens (including phenoxy) is 1. The summed E-state index contributed by atoms with van der Waals surface area (Å²) in [7, 11) is 0. The van der Waals surface area contributed by atoms with E-state index in [2.05, 4.69) is 0 Å². The predicted molar refractivity (Wildman–Crippen MR) is 75.4 cm³/mol. The van der Waals surface area contributed by atoms with Crippen molar-refractivity contribution in [1.29, 1.82) is 0 Å². The van der Waals surface area contributed by atoms with Gasteiger partial charge in [-0.3, -0.25) is 4.79 Å². The van der Waals surface area contributed by atoms with Crippen LogP contribution in [0, 0.1) is 52.9 Å². The van der Waals surface area contributed by atoms with E-state index in [1.165, 1.54) is 0 Å². The zero-order valence-electron chi connectivity index (χ0n) is 13.0. The second-order valence-electron chi connectivity index (χ2n) is 6.16. The number of aldehydes is 1. The first-order valence-corrected chi connectivity index (χ1v) is 7.07. The summed E-state index contributed by atoms with van der Waals surface area (Å²) in [4.78, 5) is 22.7. The largest absolute Gasteiger partial charge is 0.460 e. The molecule has 0 unspecified atom stereocenters. The Morgan fingerprint density at radius 1 is 1.17 bits per heavy atom. The maximum atomic E-state index is 13.9. The van der Waals surface area contributed by atoms with Crippen molar-refractivity contribution in [2.24, 2.45) is 17.3 Å². The fraction of sp³-hybridized carbons (Fsp3) is 0.412. The highest BCUT2D eigenvalue weighted by Crippen LogP contribution is 2.57. The third kappa shape index (κ3) is 2.77. The molecular weight excluding hydrogens is 328 g/mol. The third-order valence-corrected chi connectivity index (χ3v) is 4.39. The highest BCUT2D eigenvalue weighted by Gasteiger charge is 2.62. The van der Waals surface area contributed by atoms with E-state index in [1.807, 2.05) is 5.92 Å². The van der Waals surface area contributed by atoms with Gasteiger partial charge in [-0.15, -0.1) is 12.3 Å². The molecule has 0 saturated heterocycles. The molecule has 0 amide bonds. The number of carbonyl (C=O) groups is 2. The highest BCUT2D eigenvalue weighted by molar-refractivity contribution is 5.84. The molecule has 0 radical (unpaired) electrons. The van der Waals surface area contributed by atoms with E-state index in [0.717, 1.165) is 0 Å². The Morgan fingerprint density at radius 3 is 2.08 bits per heavy atom. The van der Waals surface area contributed by atoms with Crippen molar-refractivity contribution in [3.05, 3.63) is 34.4 Å². The molecule has 2 atom stereocenters. The summed E-state index contributed by atoms with van der Waals surface area (Å²) in [6, 6.07) is 0. The Labute approximate surface area is 136 Å². The quantitative estimate of drug-likeness (QED) is 0.272. The minimum absolute atomic E-state index is 0.564. The molecule has 1 aromatic carbocycles. The Morgan fingerprint density at radius 2 is 1.67 bits per heavy atom. The standard InChI is InChI=1S/C17H14F4O3/c1-4-5-8-12(18)14(20)9(15(21)13(8)19)7-24-16(23)11-10(6-22)17(11,2)3/h1,6,10-11H,5,7H2,2-3H3/t10-,11-/m0/s1. The van der Waals surface area contributed by atoms with Crippen molar-refractivity contribution < 1.29 is 31.9 Å². The van der Waals surface area contributed by atoms with Crippen molar-refractivity contribution in [3.8, 4) is 12.3 Å². The van der Waals surface area contributed by atoms with Crippen LogP contribution in [0.4, 0.5) is 17.6 Å². The van der Waals surface area contributed by atoms with Gasteiger partial charge in [-0.25, -0.2) is 17.6 Å². The van der Waals surface area contributed by atoms with E-state index in [1.54, 1.807) is 13.8 Å². The average molecular weight is 342 g/mol. The summed E-state index contributed by atoms with van der Waals surface area (Å²) >= 11 is 0. The molecular formula is C17H14F4O3. The number of hydrogen-bond acceptors (Lipinski definition) is 3. The first-order chi connectivity index (χ1) is 11.2. The lowest BCUT2D eigenvalue weighted by atomic mass is 10.1. The zero-order chi connectivity index (χ0) is 18.2. The van der Waals surface area contributed by atoms with Crippen molar-refractivity contribution in [1.82, 2.24) is 0 Å². The van der Waals surface area contributed by atoms with Crippen molar-refractivity contribution in [2.75, 3.05) is 0 Å². The van der Waals surface area contributed by atoms with Gasteiger partial charge in [-0.05, 0) is 5.41 Å². The molecule has 0 spiro atoms. The molecule has 1 aromatic rings. The van der Waals surface area contributed by atoms with Gasteiger partial charge in [0.1, 0.15) is 12.9 Å². The summed E-state index contributed by atoms with van der Waals surface area (Å²) in [6.07, 6.45) is 4.88. The molecule has 0 heterocycles. The first kappa shape index (κ1) is 18.0. The maximum absolute atomic E-state index is 13.9. The molecule has 0 N–H and O–H groups in total.